The maximum Gasteiger partial charge on any atom is 0.294 e. The topological polar surface area (TPSA) is 38.3 Å². The van der Waals surface area contributed by atoms with Crippen molar-refractivity contribution in [1.82, 2.24) is 15.1 Å². The normalized spacial score (nSPS) is 35.7. The van der Waals surface area contributed by atoms with Crippen LogP contribution in [0.15, 0.2) is 30.3 Å². The average Bonchev–Trinajstić information content (AvgIpc) is 3.00. The summed E-state index contributed by atoms with van der Waals surface area (Å²) in [6, 6.07) is 10.2. The molecule has 1 aromatic heterocycles. The van der Waals surface area contributed by atoms with Crippen LogP contribution >= 0.6 is 11.3 Å². The third kappa shape index (κ3) is 2.15. The molecule has 0 amide bonds. The largest absolute Gasteiger partial charge is 0.465 e. The van der Waals surface area contributed by atoms with Gasteiger partial charge < -0.3 is 9.64 Å². The Labute approximate surface area is 134 Å². The third-order valence-electron chi connectivity index (χ3n) is 5.37. The van der Waals surface area contributed by atoms with Crippen LogP contribution in [0.25, 0.3) is 10.6 Å². The number of hydrogen-bond acceptors (Lipinski definition) is 5. The summed E-state index contributed by atoms with van der Waals surface area (Å²) in [5, 5.41) is 10.3. The van der Waals surface area contributed by atoms with Crippen molar-refractivity contribution in [2.24, 2.45) is 17.8 Å². The molecular formula is C17H19N3OS. The van der Waals surface area contributed by atoms with Gasteiger partial charge in [-0.15, -0.1) is 5.10 Å². The molecule has 5 heteroatoms. The first-order chi connectivity index (χ1) is 10.8. The van der Waals surface area contributed by atoms with Gasteiger partial charge in [0.05, 0.1) is 0 Å². The summed E-state index contributed by atoms with van der Waals surface area (Å²) >= 11 is 1.57. The van der Waals surface area contributed by atoms with Crippen molar-refractivity contribution in [2.45, 2.75) is 18.9 Å². The van der Waals surface area contributed by atoms with Crippen LogP contribution in [0.5, 0.6) is 5.19 Å². The van der Waals surface area contributed by atoms with Crippen molar-refractivity contribution in [3.05, 3.63) is 30.3 Å². The highest BCUT2D eigenvalue weighted by molar-refractivity contribution is 7.16. The number of hydrogen-bond donors (Lipinski definition) is 0. The van der Waals surface area contributed by atoms with E-state index in [2.05, 4.69) is 27.2 Å². The fourth-order valence-corrected chi connectivity index (χ4v) is 5.37. The van der Waals surface area contributed by atoms with Gasteiger partial charge in [0.15, 0.2) is 5.01 Å². The maximum absolute atomic E-state index is 6.31. The lowest BCUT2D eigenvalue weighted by Gasteiger charge is -2.54. The van der Waals surface area contributed by atoms with Crippen LogP contribution in [0.2, 0.25) is 0 Å². The Morgan fingerprint density at radius 1 is 1.00 bits per heavy atom. The van der Waals surface area contributed by atoms with Crippen molar-refractivity contribution in [1.29, 1.82) is 0 Å². The van der Waals surface area contributed by atoms with Crippen molar-refractivity contribution in [3.63, 3.8) is 0 Å². The lowest BCUT2D eigenvalue weighted by molar-refractivity contribution is -0.0986. The van der Waals surface area contributed by atoms with E-state index < -0.39 is 0 Å². The third-order valence-corrected chi connectivity index (χ3v) is 6.23. The molecule has 4 heterocycles. The molecular weight excluding hydrogens is 294 g/mol. The van der Waals surface area contributed by atoms with Gasteiger partial charge in [-0.1, -0.05) is 46.8 Å². The van der Waals surface area contributed by atoms with Crippen LogP contribution < -0.4 is 4.74 Å². The molecule has 3 saturated heterocycles. The van der Waals surface area contributed by atoms with E-state index in [1.165, 1.54) is 32.5 Å². The Balaban J connectivity index is 1.35. The first kappa shape index (κ1) is 13.0. The molecule has 0 N–H and O–H groups in total. The van der Waals surface area contributed by atoms with Gasteiger partial charge in [0.25, 0.3) is 5.19 Å². The molecule has 1 aromatic carbocycles. The van der Waals surface area contributed by atoms with Crippen LogP contribution in [-0.4, -0.2) is 40.8 Å². The molecule has 4 bridgehead atoms. The minimum atomic E-state index is 0.351. The Morgan fingerprint density at radius 3 is 2.50 bits per heavy atom. The quantitative estimate of drug-likeness (QED) is 0.873. The number of aromatic nitrogens is 2. The highest BCUT2D eigenvalue weighted by atomic mass is 32.1. The van der Waals surface area contributed by atoms with Crippen molar-refractivity contribution in [3.8, 4) is 15.8 Å². The lowest BCUT2D eigenvalue weighted by Crippen LogP contribution is -2.61. The van der Waals surface area contributed by atoms with Gasteiger partial charge in [-0.3, -0.25) is 0 Å². The second-order valence-corrected chi connectivity index (χ2v) is 7.84. The standard InChI is InChI=1S/C17H19N3OS/c1-2-4-12(5-3-1)16-18-19-17(22-16)21-15-13-6-11-7-14(15)10-20(8-11)9-13/h1-5,11,13-15H,6-10H2/t11?,13-,14+,15?. The van der Waals surface area contributed by atoms with E-state index in [1.54, 1.807) is 11.3 Å². The van der Waals surface area contributed by atoms with Crippen molar-refractivity contribution >= 4 is 11.3 Å². The lowest BCUT2D eigenvalue weighted by atomic mass is 9.66. The first-order valence-electron chi connectivity index (χ1n) is 8.13. The van der Waals surface area contributed by atoms with E-state index in [9.17, 15) is 0 Å². The maximum atomic E-state index is 6.31. The van der Waals surface area contributed by atoms with E-state index in [0.717, 1.165) is 21.7 Å². The molecule has 0 spiro atoms. The number of piperidine rings is 3. The summed E-state index contributed by atoms with van der Waals surface area (Å²) in [7, 11) is 0. The summed E-state index contributed by atoms with van der Waals surface area (Å²) in [4.78, 5) is 2.63. The number of nitrogens with zero attached hydrogens (tertiary/aromatic N) is 3. The summed E-state index contributed by atoms with van der Waals surface area (Å²) in [5.74, 6) is 2.29. The van der Waals surface area contributed by atoms with Gasteiger partial charge in [0.1, 0.15) is 6.10 Å². The van der Waals surface area contributed by atoms with Gasteiger partial charge in [-0.2, -0.15) is 0 Å². The van der Waals surface area contributed by atoms with Gasteiger partial charge >= 0.3 is 0 Å². The molecule has 6 rings (SSSR count). The van der Waals surface area contributed by atoms with E-state index in [0.29, 0.717) is 17.9 Å². The molecule has 4 fully saturated rings. The van der Waals surface area contributed by atoms with Crippen LogP contribution in [0.1, 0.15) is 12.8 Å². The number of benzene rings is 1. The van der Waals surface area contributed by atoms with Crippen molar-refractivity contribution < 1.29 is 4.74 Å². The molecule has 4 nitrogen and oxygen atoms in total. The van der Waals surface area contributed by atoms with E-state index in [4.69, 9.17) is 4.74 Å². The molecule has 0 radical (unpaired) electrons. The highest BCUT2D eigenvalue weighted by Gasteiger charge is 2.49. The Kier molecular flexibility index (Phi) is 2.98. The fraction of sp³-hybridized carbons (Fsp3) is 0.529. The smallest absolute Gasteiger partial charge is 0.294 e. The summed E-state index contributed by atoms with van der Waals surface area (Å²) in [6.45, 7) is 3.74. The van der Waals surface area contributed by atoms with Crippen molar-refractivity contribution in [2.75, 3.05) is 19.6 Å². The molecule has 1 aliphatic carbocycles. The molecule has 114 valence electrons. The van der Waals surface area contributed by atoms with Gasteiger partial charge in [-0.05, 0) is 18.8 Å². The second-order valence-electron chi connectivity index (χ2n) is 6.90. The molecule has 3 unspecified atom stereocenters. The van der Waals surface area contributed by atoms with E-state index in [-0.39, 0.29) is 0 Å². The molecule has 1 saturated carbocycles. The van der Waals surface area contributed by atoms with Crippen LogP contribution in [0.4, 0.5) is 0 Å². The van der Waals surface area contributed by atoms with Gasteiger partial charge in [0, 0.05) is 37.0 Å². The predicted octanol–water partition coefficient (Wildman–Crippen LogP) is 2.92. The van der Waals surface area contributed by atoms with Gasteiger partial charge in [-0.25, -0.2) is 0 Å². The molecule has 4 aliphatic rings. The first-order valence-corrected chi connectivity index (χ1v) is 8.95. The molecule has 2 aromatic rings. The van der Waals surface area contributed by atoms with E-state index in [1.807, 2.05) is 18.2 Å². The number of ether oxygens (including phenoxy) is 1. The molecule has 3 aliphatic heterocycles. The fourth-order valence-electron chi connectivity index (χ4n) is 4.63. The summed E-state index contributed by atoms with van der Waals surface area (Å²) in [6.07, 6.45) is 3.02. The van der Waals surface area contributed by atoms with Gasteiger partial charge in [0.2, 0.25) is 0 Å². The Bertz CT molecular complexity index is 644. The van der Waals surface area contributed by atoms with E-state index >= 15 is 0 Å². The summed E-state index contributed by atoms with van der Waals surface area (Å²) in [5.41, 5.74) is 1.12. The number of rotatable bonds is 3. The molecule has 22 heavy (non-hydrogen) atoms. The zero-order chi connectivity index (χ0) is 14.5. The highest BCUT2D eigenvalue weighted by Crippen LogP contribution is 2.45. The van der Waals surface area contributed by atoms with Crippen LogP contribution in [0, 0.1) is 17.8 Å². The zero-order valence-corrected chi connectivity index (χ0v) is 13.2. The SMILES string of the molecule is c1ccc(-c2nnc(OC3[C@@H]4CC5C[C@H]3CN(C5)C4)s2)cc1. The minimum absolute atomic E-state index is 0.351. The Hall–Kier alpha value is -1.46. The monoisotopic (exact) mass is 313 g/mol. The second kappa shape index (κ2) is 5.03. The average molecular weight is 313 g/mol. The summed E-state index contributed by atoms with van der Waals surface area (Å²) < 4.78 is 6.31. The Morgan fingerprint density at radius 2 is 1.77 bits per heavy atom. The van der Waals surface area contributed by atoms with Crippen LogP contribution in [-0.2, 0) is 0 Å². The minimum Gasteiger partial charge on any atom is -0.465 e. The zero-order valence-electron chi connectivity index (χ0n) is 12.4. The molecule has 5 atom stereocenters. The predicted molar refractivity (Wildman–Crippen MR) is 85.9 cm³/mol. The van der Waals surface area contributed by atoms with Crippen LogP contribution in [0.3, 0.4) is 0 Å².